The Kier molecular flexibility index (Phi) is 12.1. The molecule has 0 unspecified atom stereocenters. The zero-order chi connectivity index (χ0) is 27.4. The summed E-state index contributed by atoms with van der Waals surface area (Å²) in [5.74, 6) is 3.13. The molecule has 12 nitrogen and oxygen atoms in total. The first-order chi connectivity index (χ1) is 16.8. The van der Waals surface area contributed by atoms with E-state index in [1.165, 1.54) is 0 Å². The summed E-state index contributed by atoms with van der Waals surface area (Å²) >= 11 is 0. The van der Waals surface area contributed by atoms with E-state index in [1.807, 2.05) is 19.9 Å². The van der Waals surface area contributed by atoms with E-state index in [0.29, 0.717) is 30.0 Å². The smallest absolute Gasteiger partial charge is 0.141 e. The summed E-state index contributed by atoms with van der Waals surface area (Å²) in [5.41, 5.74) is 11.6. The average Bonchev–Trinajstić information content (AvgIpc) is 3.58. The third-order valence-electron chi connectivity index (χ3n) is 4.81. The predicted octanol–water partition coefficient (Wildman–Crippen LogP) is 2.86. The van der Waals surface area contributed by atoms with Crippen molar-refractivity contribution in [2.45, 2.75) is 79.6 Å². The first kappa shape index (κ1) is 30.1. The molecule has 0 amide bonds. The van der Waals surface area contributed by atoms with Gasteiger partial charge >= 0.3 is 0 Å². The minimum Gasteiger partial charge on any atom is -0.314 e. The maximum absolute atomic E-state index is 3.93. The van der Waals surface area contributed by atoms with Gasteiger partial charge in [-0.3, -0.25) is 36.7 Å². The number of hydrazone groups is 1. The van der Waals surface area contributed by atoms with Crippen molar-refractivity contribution < 1.29 is 0 Å². The summed E-state index contributed by atoms with van der Waals surface area (Å²) < 4.78 is 0. The van der Waals surface area contributed by atoms with Crippen LogP contribution in [0, 0.1) is 0 Å². The lowest BCUT2D eigenvalue weighted by atomic mass is 10.3. The molecule has 0 saturated heterocycles. The molecule has 0 atom stereocenters. The van der Waals surface area contributed by atoms with Gasteiger partial charge in [0.15, 0.2) is 0 Å². The summed E-state index contributed by atoms with van der Waals surface area (Å²) in [6.45, 7) is 31.5. The highest BCUT2D eigenvalue weighted by molar-refractivity contribution is 5.60. The van der Waals surface area contributed by atoms with E-state index in [-0.39, 0.29) is 0 Å². The molecular weight excluding hydrogens is 456 g/mol. The van der Waals surface area contributed by atoms with Crippen molar-refractivity contribution in [3.05, 3.63) is 49.6 Å². The molecule has 0 radical (unpaired) electrons. The van der Waals surface area contributed by atoms with Crippen LogP contribution in [-0.2, 0) is 0 Å². The molecular formula is C24H44N12. The Morgan fingerprint density at radius 3 is 1.33 bits per heavy atom. The van der Waals surface area contributed by atoms with Crippen LogP contribution in [0.1, 0.15) is 55.4 Å². The van der Waals surface area contributed by atoms with Gasteiger partial charge in [-0.2, -0.15) is 5.10 Å². The first-order valence-corrected chi connectivity index (χ1v) is 11.9. The molecule has 0 aliphatic carbocycles. The summed E-state index contributed by atoms with van der Waals surface area (Å²) in [7, 11) is 0. The van der Waals surface area contributed by atoms with Crippen LogP contribution in [0.2, 0.25) is 0 Å². The SMILES string of the molecule is C=C1N=CN(C(C)C)N1.C=C1N=CNN1C(C)C.C=C1N=CNN1C(C)C.C=C1NN=CN1C(C)C. The van der Waals surface area contributed by atoms with Gasteiger partial charge in [0.1, 0.15) is 48.6 Å². The fourth-order valence-electron chi connectivity index (χ4n) is 2.84. The molecule has 0 aromatic heterocycles. The van der Waals surface area contributed by atoms with Gasteiger partial charge in [-0.15, -0.1) is 0 Å². The molecule has 0 spiro atoms. The standard InChI is InChI=1S/4C6H11N3/c1-5(2)9-4-7-8-6(9)3;1-5(2)9-4-7-6(3)8-9;2*1-5(2)9-6(3)7-4-8-9/h2*4-5,8H,3H2,1-2H3;2*4-5H,3H2,1-2H3,(H,7,8). The van der Waals surface area contributed by atoms with E-state index in [1.54, 1.807) is 25.4 Å². The maximum atomic E-state index is 3.93. The lowest BCUT2D eigenvalue weighted by Gasteiger charge is -2.21. The minimum atomic E-state index is 0.417. The molecule has 4 aliphatic heterocycles. The van der Waals surface area contributed by atoms with E-state index < -0.39 is 0 Å². The Balaban J connectivity index is 0.000000240. The molecule has 0 aromatic carbocycles. The van der Waals surface area contributed by atoms with Crippen molar-refractivity contribution >= 4 is 25.4 Å². The van der Waals surface area contributed by atoms with Crippen molar-refractivity contribution in [2.75, 3.05) is 0 Å². The van der Waals surface area contributed by atoms with Crippen molar-refractivity contribution in [2.24, 2.45) is 20.1 Å². The number of nitrogens with zero attached hydrogens (tertiary/aromatic N) is 8. The third kappa shape index (κ3) is 9.72. The third-order valence-corrected chi connectivity index (χ3v) is 4.81. The van der Waals surface area contributed by atoms with E-state index in [2.05, 4.69) is 123 Å². The van der Waals surface area contributed by atoms with Crippen LogP contribution in [0.5, 0.6) is 0 Å². The summed E-state index contributed by atoms with van der Waals surface area (Å²) in [6.07, 6.45) is 6.77. The number of hydrazine groups is 3. The highest BCUT2D eigenvalue weighted by Gasteiger charge is 2.14. The summed E-state index contributed by atoms with van der Waals surface area (Å²) in [5, 5.41) is 9.53. The van der Waals surface area contributed by atoms with Crippen molar-refractivity contribution in [3.63, 3.8) is 0 Å². The highest BCUT2D eigenvalue weighted by Crippen LogP contribution is 2.08. The van der Waals surface area contributed by atoms with E-state index in [0.717, 1.165) is 17.5 Å². The lowest BCUT2D eigenvalue weighted by Crippen LogP contribution is -2.36. The number of hydrogen-bond donors (Lipinski definition) is 4. The minimum absolute atomic E-state index is 0.417. The van der Waals surface area contributed by atoms with Gasteiger partial charge in [0, 0.05) is 24.2 Å². The zero-order valence-electron chi connectivity index (χ0n) is 23.0. The fraction of sp³-hybridized carbons (Fsp3) is 0.500. The fourth-order valence-corrected chi connectivity index (χ4v) is 2.84. The molecule has 4 aliphatic rings. The second-order valence-electron chi connectivity index (χ2n) is 9.14. The van der Waals surface area contributed by atoms with Gasteiger partial charge in [0.05, 0.1) is 0 Å². The van der Waals surface area contributed by atoms with E-state index in [4.69, 9.17) is 0 Å². The molecule has 4 heterocycles. The van der Waals surface area contributed by atoms with Crippen molar-refractivity contribution in [3.8, 4) is 0 Å². The predicted molar refractivity (Wildman–Crippen MR) is 151 cm³/mol. The van der Waals surface area contributed by atoms with Crippen LogP contribution in [0.15, 0.2) is 69.7 Å². The second-order valence-corrected chi connectivity index (χ2v) is 9.14. The van der Waals surface area contributed by atoms with Gasteiger partial charge in [0.25, 0.3) is 0 Å². The van der Waals surface area contributed by atoms with Gasteiger partial charge in [-0.1, -0.05) is 26.3 Å². The van der Waals surface area contributed by atoms with Crippen LogP contribution in [-0.4, -0.2) is 69.4 Å². The van der Waals surface area contributed by atoms with Crippen LogP contribution in [0.3, 0.4) is 0 Å². The summed E-state index contributed by atoms with van der Waals surface area (Å²) in [4.78, 5) is 13.8. The molecule has 0 bridgehead atoms. The molecule has 0 aromatic rings. The van der Waals surface area contributed by atoms with Gasteiger partial charge in [0.2, 0.25) is 0 Å². The molecule has 200 valence electrons. The van der Waals surface area contributed by atoms with Gasteiger partial charge in [-0.25, -0.2) is 15.0 Å². The lowest BCUT2D eigenvalue weighted by molar-refractivity contribution is 0.263. The van der Waals surface area contributed by atoms with Crippen LogP contribution >= 0.6 is 0 Å². The summed E-state index contributed by atoms with van der Waals surface area (Å²) in [6, 6.07) is 1.71. The Hall–Kier alpha value is -3.96. The van der Waals surface area contributed by atoms with Crippen LogP contribution < -0.4 is 21.7 Å². The molecule has 0 saturated carbocycles. The largest absolute Gasteiger partial charge is 0.314 e. The normalized spacial score (nSPS) is 17.2. The Labute approximate surface area is 216 Å². The molecule has 4 rings (SSSR count). The maximum Gasteiger partial charge on any atom is 0.141 e. The Morgan fingerprint density at radius 2 is 1.17 bits per heavy atom. The molecule has 12 heteroatoms. The number of nitrogens with one attached hydrogen (secondary N) is 4. The second kappa shape index (κ2) is 14.4. The number of hydrogen-bond acceptors (Lipinski definition) is 12. The molecule has 36 heavy (non-hydrogen) atoms. The highest BCUT2D eigenvalue weighted by atomic mass is 15.6. The molecule has 4 N–H and O–H groups in total. The van der Waals surface area contributed by atoms with E-state index in [9.17, 15) is 0 Å². The monoisotopic (exact) mass is 500 g/mol. The van der Waals surface area contributed by atoms with Crippen molar-refractivity contribution in [1.29, 1.82) is 0 Å². The average molecular weight is 501 g/mol. The van der Waals surface area contributed by atoms with Crippen LogP contribution in [0.4, 0.5) is 0 Å². The van der Waals surface area contributed by atoms with Gasteiger partial charge in [-0.05, 0) is 55.4 Å². The van der Waals surface area contributed by atoms with E-state index >= 15 is 0 Å². The quantitative estimate of drug-likeness (QED) is 0.466. The Morgan fingerprint density at radius 1 is 0.667 bits per heavy atom. The van der Waals surface area contributed by atoms with Crippen LogP contribution in [0.25, 0.3) is 0 Å². The Bertz CT molecular complexity index is 846. The topological polar surface area (TPSA) is 111 Å². The number of rotatable bonds is 4. The van der Waals surface area contributed by atoms with Gasteiger partial charge < -0.3 is 4.90 Å². The molecule has 0 fully saturated rings. The zero-order valence-corrected chi connectivity index (χ0v) is 23.0. The number of aliphatic imine (C=N–C) groups is 3. The van der Waals surface area contributed by atoms with Crippen molar-refractivity contribution in [1.82, 2.24) is 41.6 Å². The first-order valence-electron chi connectivity index (χ1n) is 11.9.